The molecule has 0 bridgehead atoms. The smallest absolute Gasteiger partial charge is 0.223 e. The highest BCUT2D eigenvalue weighted by atomic mass is 16.2. The van der Waals surface area contributed by atoms with Gasteiger partial charge < -0.3 is 4.90 Å². The Bertz CT molecular complexity index is 450. The van der Waals surface area contributed by atoms with Crippen LogP contribution in [-0.2, 0) is 4.79 Å². The Kier molecular flexibility index (Phi) is 3.80. The van der Waals surface area contributed by atoms with Crippen molar-refractivity contribution < 1.29 is 9.59 Å². The Morgan fingerprint density at radius 3 is 2.50 bits per heavy atom. The summed E-state index contributed by atoms with van der Waals surface area (Å²) >= 11 is 0. The number of hydrogen-bond donors (Lipinski definition) is 0. The van der Waals surface area contributed by atoms with E-state index in [1.54, 1.807) is 4.90 Å². The molecule has 1 aromatic carbocycles. The van der Waals surface area contributed by atoms with Gasteiger partial charge >= 0.3 is 0 Å². The molecule has 0 aliphatic carbocycles. The first kappa shape index (κ1) is 12.8. The van der Waals surface area contributed by atoms with Gasteiger partial charge in [-0.3, -0.25) is 9.59 Å². The first-order valence-electron chi connectivity index (χ1n) is 6.54. The van der Waals surface area contributed by atoms with Crippen LogP contribution in [0.25, 0.3) is 0 Å². The maximum Gasteiger partial charge on any atom is 0.223 e. The second-order valence-electron chi connectivity index (χ2n) is 4.85. The van der Waals surface area contributed by atoms with Crippen molar-refractivity contribution in [1.29, 1.82) is 0 Å². The summed E-state index contributed by atoms with van der Waals surface area (Å²) in [5, 5.41) is 0. The molecule has 0 aromatic heterocycles. The highest BCUT2D eigenvalue weighted by Gasteiger charge is 2.31. The summed E-state index contributed by atoms with van der Waals surface area (Å²) in [5.74, 6) is 0.176. The van der Waals surface area contributed by atoms with E-state index < -0.39 is 0 Å². The third kappa shape index (κ3) is 2.45. The molecular formula is C15H19NO2. The molecule has 1 fully saturated rings. The van der Waals surface area contributed by atoms with E-state index in [-0.39, 0.29) is 17.7 Å². The van der Waals surface area contributed by atoms with Gasteiger partial charge in [0.25, 0.3) is 0 Å². The summed E-state index contributed by atoms with van der Waals surface area (Å²) in [4.78, 5) is 25.9. The number of ketones is 1. The molecule has 2 rings (SSSR count). The van der Waals surface area contributed by atoms with Gasteiger partial charge in [-0.2, -0.15) is 0 Å². The Morgan fingerprint density at radius 2 is 2.00 bits per heavy atom. The summed E-state index contributed by atoms with van der Waals surface area (Å²) in [6.45, 7) is 4.67. The summed E-state index contributed by atoms with van der Waals surface area (Å²) in [5.41, 5.74) is 1.84. The number of carbonyl (C=O) groups is 2. The highest BCUT2D eigenvalue weighted by Crippen LogP contribution is 2.19. The van der Waals surface area contributed by atoms with Gasteiger partial charge in [0.05, 0.1) is 6.04 Å². The second-order valence-corrected chi connectivity index (χ2v) is 4.85. The van der Waals surface area contributed by atoms with E-state index in [9.17, 15) is 9.59 Å². The van der Waals surface area contributed by atoms with Crippen molar-refractivity contribution in [2.24, 2.45) is 0 Å². The van der Waals surface area contributed by atoms with Crippen LogP contribution in [0.2, 0.25) is 0 Å². The number of carbonyl (C=O) groups excluding carboxylic acids is 2. The number of benzene rings is 1. The van der Waals surface area contributed by atoms with E-state index >= 15 is 0 Å². The van der Waals surface area contributed by atoms with Crippen molar-refractivity contribution in [3.63, 3.8) is 0 Å². The van der Waals surface area contributed by atoms with Crippen LogP contribution in [0.4, 0.5) is 0 Å². The number of likely N-dealkylation sites (tertiary alicyclic amines) is 1. The molecule has 0 spiro atoms. The predicted octanol–water partition coefficient (Wildman–Crippen LogP) is 2.58. The third-order valence-electron chi connectivity index (χ3n) is 3.51. The van der Waals surface area contributed by atoms with Crippen LogP contribution < -0.4 is 0 Å². The number of aryl methyl sites for hydroxylation is 1. The maximum atomic E-state index is 12.4. The van der Waals surface area contributed by atoms with Gasteiger partial charge in [-0.1, -0.05) is 36.8 Å². The lowest BCUT2D eigenvalue weighted by molar-refractivity contribution is -0.129. The quantitative estimate of drug-likeness (QED) is 0.765. The SMILES string of the molecule is CCC(C(=O)c1ccc(C)cc1)N1CCCC1=O. The molecule has 96 valence electrons. The summed E-state index contributed by atoms with van der Waals surface area (Å²) < 4.78 is 0. The van der Waals surface area contributed by atoms with Crippen molar-refractivity contribution in [2.75, 3.05) is 6.54 Å². The van der Waals surface area contributed by atoms with Crippen molar-refractivity contribution in [1.82, 2.24) is 4.90 Å². The van der Waals surface area contributed by atoms with Gasteiger partial charge in [0, 0.05) is 18.5 Å². The van der Waals surface area contributed by atoms with Gasteiger partial charge in [-0.05, 0) is 19.8 Å². The summed E-state index contributed by atoms with van der Waals surface area (Å²) in [7, 11) is 0. The molecule has 1 heterocycles. The van der Waals surface area contributed by atoms with Crippen LogP contribution in [0.3, 0.4) is 0 Å². The molecule has 1 unspecified atom stereocenters. The van der Waals surface area contributed by atoms with Gasteiger partial charge in [0.2, 0.25) is 5.91 Å². The zero-order valence-electron chi connectivity index (χ0n) is 11.0. The fraction of sp³-hybridized carbons (Fsp3) is 0.467. The van der Waals surface area contributed by atoms with Gasteiger partial charge in [0.1, 0.15) is 0 Å². The van der Waals surface area contributed by atoms with Crippen LogP contribution in [0.5, 0.6) is 0 Å². The molecule has 18 heavy (non-hydrogen) atoms. The lowest BCUT2D eigenvalue weighted by Gasteiger charge is -2.25. The van der Waals surface area contributed by atoms with E-state index in [0.29, 0.717) is 18.4 Å². The minimum Gasteiger partial charge on any atom is -0.332 e. The largest absolute Gasteiger partial charge is 0.332 e. The molecular weight excluding hydrogens is 226 g/mol. The van der Waals surface area contributed by atoms with E-state index in [1.807, 2.05) is 38.1 Å². The number of hydrogen-bond acceptors (Lipinski definition) is 2. The minimum absolute atomic E-state index is 0.0627. The zero-order chi connectivity index (χ0) is 13.1. The highest BCUT2D eigenvalue weighted by molar-refractivity contribution is 6.02. The average molecular weight is 245 g/mol. The molecule has 0 saturated carbocycles. The monoisotopic (exact) mass is 245 g/mol. The van der Waals surface area contributed by atoms with E-state index in [0.717, 1.165) is 18.5 Å². The summed E-state index contributed by atoms with van der Waals surface area (Å²) in [6, 6.07) is 7.28. The fourth-order valence-electron chi connectivity index (χ4n) is 2.46. The van der Waals surface area contributed by atoms with E-state index in [2.05, 4.69) is 0 Å². The van der Waals surface area contributed by atoms with Crippen molar-refractivity contribution in [3.8, 4) is 0 Å². The van der Waals surface area contributed by atoms with Crippen LogP contribution in [0, 0.1) is 6.92 Å². The molecule has 1 atom stereocenters. The van der Waals surface area contributed by atoms with E-state index in [4.69, 9.17) is 0 Å². The predicted molar refractivity (Wildman–Crippen MR) is 70.5 cm³/mol. The number of rotatable bonds is 4. The standard InChI is InChI=1S/C15H19NO2/c1-3-13(16-10-4-5-14(16)17)15(18)12-8-6-11(2)7-9-12/h6-9,13H,3-5,10H2,1-2H3. The van der Waals surface area contributed by atoms with Crippen LogP contribution in [-0.4, -0.2) is 29.2 Å². The van der Waals surface area contributed by atoms with Crippen molar-refractivity contribution in [3.05, 3.63) is 35.4 Å². The zero-order valence-corrected chi connectivity index (χ0v) is 11.0. The third-order valence-corrected chi connectivity index (χ3v) is 3.51. The summed E-state index contributed by atoms with van der Waals surface area (Å²) in [6.07, 6.45) is 2.13. The molecule has 0 N–H and O–H groups in total. The van der Waals surface area contributed by atoms with Crippen LogP contribution in [0.1, 0.15) is 42.1 Å². The minimum atomic E-state index is -0.289. The molecule has 0 radical (unpaired) electrons. The molecule has 1 aromatic rings. The molecule has 1 aliphatic rings. The average Bonchev–Trinajstić information content (AvgIpc) is 2.78. The maximum absolute atomic E-state index is 12.4. The molecule has 1 aliphatic heterocycles. The van der Waals surface area contributed by atoms with Gasteiger partial charge in [-0.25, -0.2) is 0 Å². The van der Waals surface area contributed by atoms with Crippen molar-refractivity contribution >= 4 is 11.7 Å². The lowest BCUT2D eigenvalue weighted by atomic mass is 10.00. The Hall–Kier alpha value is -1.64. The van der Waals surface area contributed by atoms with Crippen LogP contribution >= 0.6 is 0 Å². The Balaban J connectivity index is 2.19. The fourth-order valence-corrected chi connectivity index (χ4v) is 2.46. The topological polar surface area (TPSA) is 37.4 Å². The molecule has 1 saturated heterocycles. The molecule has 3 nitrogen and oxygen atoms in total. The first-order chi connectivity index (χ1) is 8.63. The van der Waals surface area contributed by atoms with Gasteiger partial charge in [0.15, 0.2) is 5.78 Å². The van der Waals surface area contributed by atoms with Gasteiger partial charge in [-0.15, -0.1) is 0 Å². The van der Waals surface area contributed by atoms with Crippen LogP contribution in [0.15, 0.2) is 24.3 Å². The number of Topliss-reactive ketones (excluding diaryl/α,β-unsaturated/α-hetero) is 1. The Morgan fingerprint density at radius 1 is 1.33 bits per heavy atom. The first-order valence-corrected chi connectivity index (χ1v) is 6.54. The molecule has 3 heteroatoms. The Labute approximate surface area is 108 Å². The second kappa shape index (κ2) is 5.34. The van der Waals surface area contributed by atoms with E-state index in [1.165, 1.54) is 0 Å². The number of amides is 1. The van der Waals surface area contributed by atoms with Crippen molar-refractivity contribution in [2.45, 2.75) is 39.2 Å². The lowest BCUT2D eigenvalue weighted by Crippen LogP contribution is -2.41. The number of nitrogens with zero attached hydrogens (tertiary/aromatic N) is 1. The molecule has 1 amide bonds. The normalized spacial score (nSPS) is 17.0.